The molecule has 0 aliphatic carbocycles. The van der Waals surface area contributed by atoms with E-state index in [1.54, 1.807) is 0 Å². The molecule has 5 nitrogen and oxygen atoms in total. The molecule has 1 unspecified atom stereocenters. The largest absolute Gasteiger partial charge is 0.480 e. The van der Waals surface area contributed by atoms with Crippen molar-refractivity contribution in [3.05, 3.63) is 35.4 Å². The number of aryl methyl sites for hydroxylation is 1. The predicted octanol–water partition coefficient (Wildman–Crippen LogP) is 2.40. The van der Waals surface area contributed by atoms with Crippen molar-refractivity contribution in [3.8, 4) is 0 Å². The van der Waals surface area contributed by atoms with Crippen LogP contribution in [0.3, 0.4) is 0 Å². The number of halogens is 3. The zero-order valence-corrected chi connectivity index (χ0v) is 12.5. The monoisotopic (exact) mass is 333 g/mol. The second-order valence-corrected chi connectivity index (χ2v) is 4.96. The van der Waals surface area contributed by atoms with E-state index >= 15 is 0 Å². The van der Waals surface area contributed by atoms with Crippen LogP contribution in [0.1, 0.15) is 28.8 Å². The third-order valence-electron chi connectivity index (χ3n) is 3.13. The molecule has 0 aliphatic rings. The van der Waals surface area contributed by atoms with Gasteiger partial charge >= 0.3 is 12.1 Å². The molecule has 0 saturated carbocycles. The van der Waals surface area contributed by atoms with Crippen LogP contribution in [0, 0.1) is 0 Å². The number of benzene rings is 1. The summed E-state index contributed by atoms with van der Waals surface area (Å²) in [6.45, 7) is 0.174. The second kappa shape index (κ2) is 8.52. The molecule has 0 fully saturated rings. The molecule has 0 heterocycles. The summed E-state index contributed by atoms with van der Waals surface area (Å²) >= 11 is 0. The van der Waals surface area contributed by atoms with E-state index in [-0.39, 0.29) is 25.0 Å². The maximum atomic E-state index is 12.1. The Hall–Kier alpha value is -2.09. The molecule has 1 aromatic rings. The normalized spacial score (nSPS) is 12.7. The van der Waals surface area contributed by atoms with Gasteiger partial charge in [-0.25, -0.2) is 4.79 Å². The molecule has 0 radical (unpaired) electrons. The van der Waals surface area contributed by atoms with E-state index < -0.39 is 30.5 Å². The minimum absolute atomic E-state index is 0.112. The van der Waals surface area contributed by atoms with E-state index in [1.807, 2.05) is 0 Å². The van der Waals surface area contributed by atoms with Crippen molar-refractivity contribution < 1.29 is 32.6 Å². The summed E-state index contributed by atoms with van der Waals surface area (Å²) in [7, 11) is 1.42. The number of ether oxygens (including phenoxy) is 1. The van der Waals surface area contributed by atoms with Crippen molar-refractivity contribution in [1.82, 2.24) is 5.32 Å². The number of hydrogen-bond acceptors (Lipinski definition) is 3. The van der Waals surface area contributed by atoms with Crippen molar-refractivity contribution in [2.45, 2.75) is 31.5 Å². The SMILES string of the molecule is COCCC(NC(=O)c1ccc(CCC(F)(F)F)cc1)C(=O)O. The lowest BCUT2D eigenvalue weighted by atomic mass is 10.1. The summed E-state index contributed by atoms with van der Waals surface area (Å²) in [6, 6.07) is 4.50. The number of nitrogens with one attached hydrogen (secondary N) is 1. The molecule has 2 N–H and O–H groups in total. The molecular formula is C15H18F3NO4. The quantitative estimate of drug-likeness (QED) is 0.766. The van der Waals surface area contributed by atoms with Crippen LogP contribution < -0.4 is 5.32 Å². The number of rotatable bonds is 8. The van der Waals surface area contributed by atoms with Gasteiger partial charge in [-0.05, 0) is 24.1 Å². The highest BCUT2D eigenvalue weighted by Crippen LogP contribution is 2.22. The van der Waals surface area contributed by atoms with Crippen LogP contribution in [0.25, 0.3) is 0 Å². The van der Waals surface area contributed by atoms with Gasteiger partial charge in [0.15, 0.2) is 0 Å². The molecule has 128 valence electrons. The summed E-state index contributed by atoms with van der Waals surface area (Å²) in [5.74, 6) is -1.78. The lowest BCUT2D eigenvalue weighted by molar-refractivity contribution is -0.139. The molecule has 8 heteroatoms. The highest BCUT2D eigenvalue weighted by Gasteiger charge is 2.26. The molecule has 1 atom stereocenters. The van der Waals surface area contributed by atoms with E-state index in [4.69, 9.17) is 9.84 Å². The molecule has 1 rings (SSSR count). The maximum absolute atomic E-state index is 12.1. The van der Waals surface area contributed by atoms with Crippen LogP contribution in [0.15, 0.2) is 24.3 Å². The number of aliphatic carboxylic acids is 1. The van der Waals surface area contributed by atoms with E-state index in [1.165, 1.54) is 31.4 Å². The Morgan fingerprint density at radius 3 is 2.35 bits per heavy atom. The third-order valence-corrected chi connectivity index (χ3v) is 3.13. The topological polar surface area (TPSA) is 75.6 Å². The number of carbonyl (C=O) groups is 2. The number of hydrogen-bond donors (Lipinski definition) is 2. The fourth-order valence-corrected chi connectivity index (χ4v) is 1.84. The van der Waals surface area contributed by atoms with Gasteiger partial charge in [0.25, 0.3) is 5.91 Å². The van der Waals surface area contributed by atoms with Crippen LogP contribution in [-0.4, -0.2) is 42.9 Å². The number of carbonyl (C=O) groups excluding carboxylic acids is 1. The van der Waals surface area contributed by atoms with Gasteiger partial charge in [0.2, 0.25) is 0 Å². The van der Waals surface area contributed by atoms with Crippen molar-refractivity contribution in [1.29, 1.82) is 0 Å². The molecule has 0 aliphatic heterocycles. The smallest absolute Gasteiger partial charge is 0.389 e. The lowest BCUT2D eigenvalue weighted by Gasteiger charge is -2.14. The molecule has 1 amide bonds. The summed E-state index contributed by atoms with van der Waals surface area (Å²) in [5, 5.41) is 11.4. The minimum atomic E-state index is -4.23. The van der Waals surface area contributed by atoms with Gasteiger partial charge in [0.1, 0.15) is 6.04 Å². The molecular weight excluding hydrogens is 315 g/mol. The Morgan fingerprint density at radius 2 is 1.87 bits per heavy atom. The van der Waals surface area contributed by atoms with Crippen molar-refractivity contribution >= 4 is 11.9 Å². The van der Waals surface area contributed by atoms with Crippen molar-refractivity contribution in [2.24, 2.45) is 0 Å². The zero-order chi connectivity index (χ0) is 17.5. The standard InChI is InChI=1S/C15H18F3NO4/c1-23-9-7-12(14(21)22)19-13(20)11-4-2-10(3-5-11)6-8-15(16,17)18/h2-5,12H,6-9H2,1H3,(H,19,20)(H,21,22). The summed E-state index contributed by atoms with van der Waals surface area (Å²) in [6.07, 6.45) is -5.22. The first-order chi connectivity index (χ1) is 10.7. The van der Waals surface area contributed by atoms with Gasteiger partial charge in [0.05, 0.1) is 0 Å². The molecule has 0 spiro atoms. The minimum Gasteiger partial charge on any atom is -0.480 e. The first kappa shape index (κ1) is 19.0. The predicted molar refractivity (Wildman–Crippen MR) is 76.2 cm³/mol. The van der Waals surface area contributed by atoms with Crippen LogP contribution in [0.2, 0.25) is 0 Å². The molecule has 0 bridgehead atoms. The summed E-state index contributed by atoms with van der Waals surface area (Å²) in [4.78, 5) is 23.0. The Labute approximate surface area is 131 Å². The fourth-order valence-electron chi connectivity index (χ4n) is 1.84. The first-order valence-electron chi connectivity index (χ1n) is 6.91. The number of methoxy groups -OCH3 is 1. The Kier molecular flexibility index (Phi) is 7.02. The van der Waals surface area contributed by atoms with E-state index in [0.717, 1.165) is 0 Å². The number of amides is 1. The Morgan fingerprint density at radius 1 is 1.26 bits per heavy atom. The molecule has 0 aromatic heterocycles. The van der Waals surface area contributed by atoms with Crippen LogP contribution in [-0.2, 0) is 16.0 Å². The highest BCUT2D eigenvalue weighted by atomic mass is 19.4. The van der Waals surface area contributed by atoms with Gasteiger partial charge in [-0.1, -0.05) is 12.1 Å². The summed E-state index contributed by atoms with van der Waals surface area (Å²) in [5.41, 5.74) is 0.637. The second-order valence-electron chi connectivity index (χ2n) is 4.96. The first-order valence-corrected chi connectivity index (χ1v) is 6.91. The number of carboxylic acids is 1. The number of alkyl halides is 3. The van der Waals surface area contributed by atoms with E-state index in [0.29, 0.717) is 5.56 Å². The zero-order valence-electron chi connectivity index (χ0n) is 12.5. The Balaban J connectivity index is 2.64. The fraction of sp³-hybridized carbons (Fsp3) is 0.467. The van der Waals surface area contributed by atoms with Crippen LogP contribution in [0.4, 0.5) is 13.2 Å². The average molecular weight is 333 g/mol. The molecule has 23 heavy (non-hydrogen) atoms. The Bertz CT molecular complexity index is 529. The van der Waals surface area contributed by atoms with Gasteiger partial charge in [0, 0.05) is 32.1 Å². The van der Waals surface area contributed by atoms with Crippen molar-refractivity contribution in [2.75, 3.05) is 13.7 Å². The molecule has 0 saturated heterocycles. The third kappa shape index (κ3) is 7.14. The summed E-state index contributed by atoms with van der Waals surface area (Å²) < 4.78 is 41.2. The van der Waals surface area contributed by atoms with Gasteiger partial charge in [-0.15, -0.1) is 0 Å². The van der Waals surface area contributed by atoms with E-state index in [2.05, 4.69) is 5.32 Å². The van der Waals surface area contributed by atoms with Gasteiger partial charge in [-0.3, -0.25) is 4.79 Å². The van der Waals surface area contributed by atoms with Crippen LogP contribution >= 0.6 is 0 Å². The van der Waals surface area contributed by atoms with E-state index in [9.17, 15) is 22.8 Å². The molecule has 1 aromatic carbocycles. The van der Waals surface area contributed by atoms with Gasteiger partial charge < -0.3 is 15.2 Å². The van der Waals surface area contributed by atoms with Crippen LogP contribution in [0.5, 0.6) is 0 Å². The van der Waals surface area contributed by atoms with Crippen molar-refractivity contribution in [3.63, 3.8) is 0 Å². The maximum Gasteiger partial charge on any atom is 0.389 e. The highest BCUT2D eigenvalue weighted by molar-refractivity contribution is 5.96. The average Bonchev–Trinajstić information content (AvgIpc) is 2.48. The lowest BCUT2D eigenvalue weighted by Crippen LogP contribution is -2.41. The number of carboxylic acid groups (broad SMARTS) is 1. The van der Waals surface area contributed by atoms with Gasteiger partial charge in [-0.2, -0.15) is 13.2 Å².